The van der Waals surface area contributed by atoms with Gasteiger partial charge in [0.15, 0.2) is 0 Å². The van der Waals surface area contributed by atoms with Gasteiger partial charge in [-0.2, -0.15) is 0 Å². The number of hydrogen-bond donors (Lipinski definition) is 3. The molecular weight excluding hydrogens is 490 g/mol. The first-order valence-electron chi connectivity index (χ1n) is 11.8. The summed E-state index contributed by atoms with van der Waals surface area (Å²) in [5.41, 5.74) is 3.82. The highest BCUT2D eigenvalue weighted by Crippen LogP contribution is 2.25. The third kappa shape index (κ3) is 9.75. The maximum absolute atomic E-state index is 11.6. The lowest BCUT2D eigenvalue weighted by molar-refractivity contribution is -0.126. The molecule has 0 radical (unpaired) electrons. The van der Waals surface area contributed by atoms with Crippen LogP contribution < -0.4 is 25.4 Å². The van der Waals surface area contributed by atoms with E-state index in [0.717, 1.165) is 18.8 Å². The zero-order valence-corrected chi connectivity index (χ0v) is 22.6. The van der Waals surface area contributed by atoms with Crippen molar-refractivity contribution < 1.29 is 28.7 Å². The molecule has 2 aromatic rings. The van der Waals surface area contributed by atoms with Crippen LogP contribution in [0.25, 0.3) is 6.08 Å². The number of aromatic nitrogens is 1. The Hall–Kier alpha value is -4.09. The predicted molar refractivity (Wildman–Crippen MR) is 145 cm³/mol. The van der Waals surface area contributed by atoms with Gasteiger partial charge >= 0.3 is 0 Å². The first kappa shape index (κ1) is 31.9. The molecule has 0 aliphatic carbocycles. The second-order valence-electron chi connectivity index (χ2n) is 8.14. The van der Waals surface area contributed by atoms with Gasteiger partial charge < -0.3 is 24.9 Å². The Morgan fingerprint density at radius 3 is 2.45 bits per heavy atom. The molecule has 0 fully saturated rings. The van der Waals surface area contributed by atoms with Crippen molar-refractivity contribution in [3.8, 4) is 11.5 Å². The van der Waals surface area contributed by atoms with Crippen molar-refractivity contribution in [2.24, 2.45) is 0 Å². The maximum Gasteiger partial charge on any atom is 0.252 e. The second-order valence-corrected chi connectivity index (χ2v) is 8.14. The van der Waals surface area contributed by atoms with Gasteiger partial charge in [-0.1, -0.05) is 12.1 Å². The minimum Gasteiger partial charge on any atom is -0.497 e. The Balaban J connectivity index is 0.000000426. The predicted octanol–water partition coefficient (Wildman–Crippen LogP) is 1.56. The third-order valence-corrected chi connectivity index (χ3v) is 5.65. The van der Waals surface area contributed by atoms with Gasteiger partial charge in [-0.15, -0.1) is 0 Å². The van der Waals surface area contributed by atoms with Crippen molar-refractivity contribution >= 4 is 31.1 Å². The molecule has 206 valence electrons. The normalized spacial score (nSPS) is 12.7. The average Bonchev–Trinajstić information content (AvgIpc) is 3.33. The number of amides is 3. The molecule has 11 heteroatoms. The van der Waals surface area contributed by atoms with Gasteiger partial charge in [0.1, 0.15) is 24.0 Å². The Kier molecular flexibility index (Phi) is 14.6. The number of benzene rings is 1. The van der Waals surface area contributed by atoms with E-state index in [9.17, 15) is 14.4 Å². The second kappa shape index (κ2) is 17.4. The minimum absolute atomic E-state index is 0.241. The van der Waals surface area contributed by atoms with Crippen molar-refractivity contribution in [1.29, 1.82) is 0 Å². The van der Waals surface area contributed by atoms with Crippen molar-refractivity contribution in [2.45, 2.75) is 32.0 Å². The van der Waals surface area contributed by atoms with Gasteiger partial charge in [0, 0.05) is 26.3 Å². The number of hydrogen-bond acceptors (Lipinski definition) is 9. The Bertz CT molecular complexity index is 1090. The number of methoxy groups -OCH3 is 2. The van der Waals surface area contributed by atoms with Crippen molar-refractivity contribution in [3.63, 3.8) is 0 Å². The van der Waals surface area contributed by atoms with E-state index in [-0.39, 0.29) is 11.8 Å². The highest BCUT2D eigenvalue weighted by atomic mass is 16.5. The number of imide groups is 1. The van der Waals surface area contributed by atoms with Crippen LogP contribution >= 0.6 is 0 Å². The summed E-state index contributed by atoms with van der Waals surface area (Å²) in [6, 6.07) is 7.46. The molecule has 0 bridgehead atoms. The summed E-state index contributed by atoms with van der Waals surface area (Å²) < 4.78 is 10.4. The molecule has 1 unspecified atom stereocenters. The molecule has 0 saturated heterocycles. The first-order valence-corrected chi connectivity index (χ1v) is 11.8. The van der Waals surface area contributed by atoms with Crippen LogP contribution in [0.4, 0.5) is 0 Å². The van der Waals surface area contributed by atoms with Gasteiger partial charge in [0.25, 0.3) is 5.91 Å². The number of nitrogens with one attached hydrogen (secondary N) is 3. The van der Waals surface area contributed by atoms with Crippen LogP contribution in [0.2, 0.25) is 0 Å². The highest BCUT2D eigenvalue weighted by Gasteiger charge is 2.16. The molecule has 1 atom stereocenters. The lowest BCUT2D eigenvalue weighted by atomic mass is 10.1. The number of rotatable bonds is 10. The number of pyridine rings is 1. The number of fused-ring (bicyclic) bond motifs is 1. The molecule has 3 N–H and O–H groups in total. The molecule has 1 aromatic carbocycles. The largest absolute Gasteiger partial charge is 0.497 e. The molecule has 38 heavy (non-hydrogen) atoms. The zero-order chi connectivity index (χ0) is 28.5. The van der Waals surface area contributed by atoms with E-state index >= 15 is 0 Å². The van der Waals surface area contributed by atoms with Crippen LogP contribution in [0.1, 0.15) is 40.0 Å². The molecule has 0 spiro atoms. The lowest BCUT2D eigenvalue weighted by Crippen LogP contribution is -2.41. The van der Waals surface area contributed by atoms with E-state index in [1.807, 2.05) is 18.9 Å². The fourth-order valence-corrected chi connectivity index (χ4v) is 3.70. The van der Waals surface area contributed by atoms with E-state index in [2.05, 4.69) is 45.0 Å². The summed E-state index contributed by atoms with van der Waals surface area (Å²) in [6.45, 7) is 4.12. The van der Waals surface area contributed by atoms with Crippen LogP contribution in [0.3, 0.4) is 0 Å². The summed E-state index contributed by atoms with van der Waals surface area (Å²) in [6.07, 6.45) is 6.56. The van der Waals surface area contributed by atoms with Gasteiger partial charge in [-0.3, -0.25) is 29.6 Å². The molecule has 1 aliphatic rings. The number of ether oxygens (including phenoxy) is 2. The molecule has 11 nitrogen and oxygen atoms in total. The Morgan fingerprint density at radius 1 is 1.13 bits per heavy atom. The molecule has 3 amide bonds. The van der Waals surface area contributed by atoms with Crippen LogP contribution in [0, 0.1) is 0 Å². The lowest BCUT2D eigenvalue weighted by Gasteiger charge is -2.12. The molecule has 1 aliphatic heterocycles. The van der Waals surface area contributed by atoms with E-state index in [0.29, 0.717) is 36.3 Å². The number of carbonyl (C=O) groups is 4. The standard InChI is InChI=1S/C16H22N4O4.C10H13NO.CH2O/c1-17-13(16(23)20-10-21)7-5-4-6-12-14(24-3)8-11(9-19-12)15(22)18-2;1-11-6-8-3-4-10(12-2)5-9(8)7-11;1-2/h4,6,8-10,13,17H,5,7H2,1-3H3,(H,18,22)(H,20,21,23);3-5H,6-7H2,1-2H3;1H2/b6-4+;;. The molecule has 1 aromatic heterocycles. The van der Waals surface area contributed by atoms with Crippen molar-refractivity contribution in [3.05, 3.63) is 58.9 Å². The molecular formula is C27H37N5O6. The summed E-state index contributed by atoms with van der Waals surface area (Å²) in [4.78, 5) is 47.9. The van der Waals surface area contributed by atoms with Crippen LogP contribution in [0.5, 0.6) is 11.5 Å². The summed E-state index contributed by atoms with van der Waals surface area (Å²) >= 11 is 0. The average molecular weight is 528 g/mol. The quantitative estimate of drug-likeness (QED) is 0.393. The van der Waals surface area contributed by atoms with Crippen molar-refractivity contribution in [1.82, 2.24) is 25.8 Å². The molecule has 3 rings (SSSR count). The van der Waals surface area contributed by atoms with Gasteiger partial charge in [-0.05, 0) is 62.3 Å². The van der Waals surface area contributed by atoms with Gasteiger partial charge in [0.2, 0.25) is 12.3 Å². The number of allylic oxidation sites excluding steroid dienone is 1. The van der Waals surface area contributed by atoms with E-state index in [1.165, 1.54) is 24.4 Å². The highest BCUT2D eigenvalue weighted by molar-refractivity contribution is 5.94. The van der Waals surface area contributed by atoms with Gasteiger partial charge in [-0.25, -0.2) is 0 Å². The van der Waals surface area contributed by atoms with Crippen LogP contribution in [-0.2, 0) is 27.5 Å². The third-order valence-electron chi connectivity index (χ3n) is 5.65. The van der Waals surface area contributed by atoms with Crippen LogP contribution in [0.15, 0.2) is 36.5 Å². The monoisotopic (exact) mass is 527 g/mol. The summed E-state index contributed by atoms with van der Waals surface area (Å²) in [5.74, 6) is 0.834. The van der Waals surface area contributed by atoms with E-state index < -0.39 is 6.04 Å². The van der Waals surface area contributed by atoms with Crippen molar-refractivity contribution in [2.75, 3.05) is 35.4 Å². The zero-order valence-electron chi connectivity index (χ0n) is 22.6. The topological polar surface area (TPSA) is 139 Å². The summed E-state index contributed by atoms with van der Waals surface area (Å²) in [7, 11) is 8.54. The van der Waals surface area contributed by atoms with E-state index in [1.54, 1.807) is 33.3 Å². The SMILES string of the molecule is C=O.CNC(=O)c1cnc(/C=C/CCC(NC)C(=O)NC=O)c(OC)c1.COc1ccc2c(c1)CN(C)C2. The fraction of sp³-hybridized carbons (Fsp3) is 0.370. The number of carbonyl (C=O) groups excluding carboxylic acids is 4. The minimum atomic E-state index is -0.453. The number of nitrogens with zero attached hydrogens (tertiary/aromatic N) is 2. The fourth-order valence-electron chi connectivity index (χ4n) is 3.70. The van der Waals surface area contributed by atoms with E-state index in [4.69, 9.17) is 14.3 Å². The molecule has 0 saturated carbocycles. The smallest absolute Gasteiger partial charge is 0.252 e. The Morgan fingerprint density at radius 2 is 1.84 bits per heavy atom. The summed E-state index contributed by atoms with van der Waals surface area (Å²) in [5, 5.41) is 7.49. The molecule has 2 heterocycles. The van der Waals surface area contributed by atoms with Gasteiger partial charge in [0.05, 0.1) is 25.8 Å². The van der Waals surface area contributed by atoms with Crippen LogP contribution in [-0.4, -0.2) is 76.3 Å². The Labute approximate surface area is 223 Å². The first-order chi connectivity index (χ1) is 18.4. The maximum atomic E-state index is 11.6. The number of likely N-dealkylation sites (N-methyl/N-ethyl adjacent to an activating group) is 1.